The van der Waals surface area contributed by atoms with Gasteiger partial charge in [-0.1, -0.05) is 39.5 Å². The SMILES string of the molecule is [CH2]CCCCS(=O)(=O)CCCC[CH2]. The minimum absolute atomic E-state index is 0.333. The minimum atomic E-state index is -2.78. The third-order valence-electron chi connectivity index (χ3n) is 1.91. The zero-order valence-electron chi connectivity index (χ0n) is 8.30. The van der Waals surface area contributed by atoms with Gasteiger partial charge in [-0.3, -0.25) is 0 Å². The fourth-order valence-electron chi connectivity index (χ4n) is 1.10. The van der Waals surface area contributed by atoms with Gasteiger partial charge in [-0.15, -0.1) is 0 Å². The highest BCUT2D eigenvalue weighted by Gasteiger charge is 2.08. The predicted octanol–water partition coefficient (Wildman–Crippen LogP) is 2.41. The van der Waals surface area contributed by atoms with E-state index in [-0.39, 0.29) is 0 Å². The van der Waals surface area contributed by atoms with Crippen molar-refractivity contribution in [3.63, 3.8) is 0 Å². The van der Waals surface area contributed by atoms with Gasteiger partial charge < -0.3 is 0 Å². The van der Waals surface area contributed by atoms with Gasteiger partial charge in [0.15, 0.2) is 0 Å². The van der Waals surface area contributed by atoms with Crippen molar-refractivity contribution in [1.29, 1.82) is 0 Å². The lowest BCUT2D eigenvalue weighted by Gasteiger charge is -2.02. The van der Waals surface area contributed by atoms with Crippen LogP contribution in [0.4, 0.5) is 0 Å². The molecule has 0 atom stereocenters. The van der Waals surface area contributed by atoms with Crippen LogP contribution in [0.3, 0.4) is 0 Å². The Morgan fingerprint density at radius 1 is 0.769 bits per heavy atom. The van der Waals surface area contributed by atoms with Crippen LogP contribution in [0.25, 0.3) is 0 Å². The highest BCUT2D eigenvalue weighted by Crippen LogP contribution is 2.04. The number of sulfone groups is 1. The summed E-state index contributed by atoms with van der Waals surface area (Å²) < 4.78 is 22.7. The average Bonchev–Trinajstić information content (AvgIpc) is 2.05. The molecule has 0 bridgehead atoms. The van der Waals surface area contributed by atoms with Crippen LogP contribution in [0.15, 0.2) is 0 Å². The van der Waals surface area contributed by atoms with Crippen LogP contribution in [0.5, 0.6) is 0 Å². The van der Waals surface area contributed by atoms with Gasteiger partial charge in [0.1, 0.15) is 9.84 Å². The van der Waals surface area contributed by atoms with Crippen molar-refractivity contribution in [1.82, 2.24) is 0 Å². The van der Waals surface area contributed by atoms with Gasteiger partial charge in [0.2, 0.25) is 0 Å². The summed E-state index contributed by atoms with van der Waals surface area (Å²) in [6.07, 6.45) is 5.00. The minimum Gasteiger partial charge on any atom is -0.229 e. The lowest BCUT2D eigenvalue weighted by atomic mass is 10.3. The Balaban J connectivity index is 3.55. The molecule has 0 aliphatic heterocycles. The lowest BCUT2D eigenvalue weighted by molar-refractivity contribution is 0.587. The molecule has 0 saturated carbocycles. The van der Waals surface area contributed by atoms with E-state index in [4.69, 9.17) is 0 Å². The molecule has 0 heterocycles. The first kappa shape index (κ1) is 12.9. The third-order valence-corrected chi connectivity index (χ3v) is 3.73. The van der Waals surface area contributed by atoms with Gasteiger partial charge >= 0.3 is 0 Å². The van der Waals surface area contributed by atoms with E-state index < -0.39 is 9.84 Å². The van der Waals surface area contributed by atoms with Gasteiger partial charge in [0.05, 0.1) is 11.5 Å². The van der Waals surface area contributed by atoms with Crippen LogP contribution >= 0.6 is 0 Å². The lowest BCUT2D eigenvalue weighted by Crippen LogP contribution is -2.10. The third kappa shape index (κ3) is 8.28. The zero-order valence-corrected chi connectivity index (χ0v) is 9.11. The van der Waals surface area contributed by atoms with E-state index in [0.717, 1.165) is 38.5 Å². The van der Waals surface area contributed by atoms with Crippen molar-refractivity contribution < 1.29 is 8.42 Å². The number of rotatable bonds is 8. The van der Waals surface area contributed by atoms with Crippen molar-refractivity contribution >= 4 is 9.84 Å². The van der Waals surface area contributed by atoms with Gasteiger partial charge in [-0.05, 0) is 12.8 Å². The summed E-state index contributed by atoms with van der Waals surface area (Å²) in [4.78, 5) is 0. The van der Waals surface area contributed by atoms with Crippen LogP contribution in [0.1, 0.15) is 38.5 Å². The Morgan fingerprint density at radius 2 is 1.15 bits per heavy atom. The van der Waals surface area contributed by atoms with Crippen LogP contribution in [0, 0.1) is 13.8 Å². The first-order valence-electron chi connectivity index (χ1n) is 4.91. The van der Waals surface area contributed by atoms with E-state index in [0.29, 0.717) is 11.5 Å². The summed E-state index contributed by atoms with van der Waals surface area (Å²) in [5.74, 6) is 0.666. The van der Waals surface area contributed by atoms with E-state index in [9.17, 15) is 8.42 Å². The van der Waals surface area contributed by atoms with Gasteiger partial charge in [0.25, 0.3) is 0 Å². The van der Waals surface area contributed by atoms with Gasteiger partial charge in [-0.25, -0.2) is 8.42 Å². The maximum Gasteiger partial charge on any atom is 0.150 e. The zero-order chi connectivity index (χ0) is 10.2. The number of hydrogen-bond acceptors (Lipinski definition) is 2. The molecule has 0 aromatic heterocycles. The molecule has 3 heteroatoms. The molecule has 0 aromatic carbocycles. The van der Waals surface area contributed by atoms with E-state index in [1.165, 1.54) is 0 Å². The monoisotopic (exact) mass is 204 g/mol. The summed E-state index contributed by atoms with van der Waals surface area (Å²) in [6.45, 7) is 7.36. The molecule has 2 nitrogen and oxygen atoms in total. The standard InChI is InChI=1S/C10H20O2S/c1-3-5-7-9-13(11,12)10-8-6-4-2/h1-10H2. The molecule has 2 radical (unpaired) electrons. The van der Waals surface area contributed by atoms with Crippen molar-refractivity contribution in [3.05, 3.63) is 13.8 Å². The van der Waals surface area contributed by atoms with E-state index in [2.05, 4.69) is 13.8 Å². The smallest absolute Gasteiger partial charge is 0.150 e. The molecule has 0 rings (SSSR count). The van der Waals surface area contributed by atoms with Crippen LogP contribution < -0.4 is 0 Å². The van der Waals surface area contributed by atoms with Gasteiger partial charge in [0, 0.05) is 0 Å². The Bertz CT molecular complexity index is 179. The Kier molecular flexibility index (Phi) is 7.33. The van der Waals surface area contributed by atoms with Crippen LogP contribution in [0.2, 0.25) is 0 Å². The summed E-state index contributed by atoms with van der Waals surface area (Å²) in [5, 5.41) is 0. The topological polar surface area (TPSA) is 34.1 Å². The van der Waals surface area contributed by atoms with Gasteiger partial charge in [-0.2, -0.15) is 0 Å². The first-order chi connectivity index (χ1) is 6.12. The second kappa shape index (κ2) is 7.36. The average molecular weight is 204 g/mol. The highest BCUT2D eigenvalue weighted by atomic mass is 32.2. The molecule has 0 aromatic rings. The van der Waals surface area contributed by atoms with Crippen molar-refractivity contribution in [3.8, 4) is 0 Å². The fourth-order valence-corrected chi connectivity index (χ4v) is 2.59. The molecule has 78 valence electrons. The first-order valence-corrected chi connectivity index (χ1v) is 6.73. The molecule has 0 amide bonds. The molecule has 0 spiro atoms. The van der Waals surface area contributed by atoms with E-state index >= 15 is 0 Å². The van der Waals surface area contributed by atoms with E-state index in [1.54, 1.807) is 0 Å². The molecular weight excluding hydrogens is 184 g/mol. The number of unbranched alkanes of at least 4 members (excludes halogenated alkanes) is 4. The molecule has 0 aliphatic rings. The van der Waals surface area contributed by atoms with Crippen molar-refractivity contribution in [2.45, 2.75) is 38.5 Å². The van der Waals surface area contributed by atoms with Crippen LogP contribution in [-0.2, 0) is 9.84 Å². The Hall–Kier alpha value is -0.0500. The van der Waals surface area contributed by atoms with Crippen molar-refractivity contribution in [2.24, 2.45) is 0 Å². The summed E-state index contributed by atoms with van der Waals surface area (Å²) in [6, 6.07) is 0. The summed E-state index contributed by atoms with van der Waals surface area (Å²) >= 11 is 0. The molecule has 0 fully saturated rings. The molecule has 0 aliphatic carbocycles. The van der Waals surface area contributed by atoms with E-state index in [1.807, 2.05) is 0 Å². The quantitative estimate of drug-likeness (QED) is 0.569. The second-order valence-electron chi connectivity index (χ2n) is 3.27. The number of hydrogen-bond donors (Lipinski definition) is 0. The Morgan fingerprint density at radius 3 is 1.46 bits per heavy atom. The maximum absolute atomic E-state index is 11.3. The normalized spacial score (nSPS) is 11.8. The second-order valence-corrected chi connectivity index (χ2v) is 5.58. The van der Waals surface area contributed by atoms with Crippen molar-refractivity contribution in [2.75, 3.05) is 11.5 Å². The summed E-state index contributed by atoms with van der Waals surface area (Å²) in [7, 11) is -2.78. The highest BCUT2D eigenvalue weighted by molar-refractivity contribution is 7.91. The molecule has 0 unspecified atom stereocenters. The van der Waals surface area contributed by atoms with Crippen LogP contribution in [-0.4, -0.2) is 19.9 Å². The summed E-state index contributed by atoms with van der Waals surface area (Å²) in [5.41, 5.74) is 0. The maximum atomic E-state index is 11.3. The molecule has 0 saturated heterocycles. The predicted molar refractivity (Wildman–Crippen MR) is 57.1 cm³/mol. The largest absolute Gasteiger partial charge is 0.229 e. The Labute approximate surface area is 82.6 Å². The fraction of sp³-hybridized carbons (Fsp3) is 0.800. The molecular formula is C10H20O2S. The molecule has 13 heavy (non-hydrogen) atoms. The molecule has 0 N–H and O–H groups in total.